The van der Waals surface area contributed by atoms with Gasteiger partial charge in [0, 0.05) is 31.5 Å². The van der Waals surface area contributed by atoms with Crippen LogP contribution in [0.5, 0.6) is 11.5 Å². The van der Waals surface area contributed by atoms with E-state index in [1.807, 2.05) is 31.2 Å². The number of hydrogen-bond acceptors (Lipinski definition) is 5. The van der Waals surface area contributed by atoms with Crippen molar-refractivity contribution in [1.82, 2.24) is 10.2 Å². The number of amides is 2. The molecule has 1 N–H and O–H groups in total. The molecule has 2 aliphatic heterocycles. The van der Waals surface area contributed by atoms with Crippen LogP contribution in [0.1, 0.15) is 53.7 Å². The van der Waals surface area contributed by atoms with E-state index in [1.165, 1.54) is 6.92 Å². The summed E-state index contributed by atoms with van der Waals surface area (Å²) in [4.78, 5) is 39.5. The van der Waals surface area contributed by atoms with Crippen LogP contribution in [0, 0.1) is 12.8 Å². The van der Waals surface area contributed by atoms with Gasteiger partial charge in [0.1, 0.15) is 13.2 Å². The van der Waals surface area contributed by atoms with Crippen molar-refractivity contribution in [1.29, 1.82) is 0 Å². The van der Waals surface area contributed by atoms with Crippen molar-refractivity contribution in [3.05, 3.63) is 59.2 Å². The molecule has 0 saturated carbocycles. The van der Waals surface area contributed by atoms with Gasteiger partial charge in [0.25, 0.3) is 0 Å². The third kappa shape index (κ3) is 5.53. The SMILES string of the molecule is CC(=O)NC(CC(=O)N1CCC(C(=O)c2ccc3c(c2)OCCO3)CC1)c1ccc(C)cc1. The zero-order valence-electron chi connectivity index (χ0n) is 19.1. The van der Waals surface area contributed by atoms with E-state index in [2.05, 4.69) is 5.32 Å². The molecule has 2 amide bonds. The predicted molar refractivity (Wildman–Crippen MR) is 123 cm³/mol. The van der Waals surface area contributed by atoms with E-state index in [0.29, 0.717) is 56.2 Å². The first-order chi connectivity index (χ1) is 15.9. The van der Waals surface area contributed by atoms with Crippen LogP contribution in [-0.2, 0) is 9.59 Å². The topological polar surface area (TPSA) is 84.9 Å². The maximum atomic E-state index is 13.0. The first-order valence-corrected chi connectivity index (χ1v) is 11.5. The van der Waals surface area contributed by atoms with Crippen molar-refractivity contribution in [2.75, 3.05) is 26.3 Å². The predicted octanol–water partition coefficient (Wildman–Crippen LogP) is 3.46. The summed E-state index contributed by atoms with van der Waals surface area (Å²) in [6.45, 7) is 5.51. The van der Waals surface area contributed by atoms with Crippen LogP contribution in [-0.4, -0.2) is 48.8 Å². The van der Waals surface area contributed by atoms with Crippen LogP contribution < -0.4 is 14.8 Å². The van der Waals surface area contributed by atoms with Gasteiger partial charge in [-0.15, -0.1) is 0 Å². The second kappa shape index (κ2) is 10.1. The summed E-state index contributed by atoms with van der Waals surface area (Å²) in [5.41, 5.74) is 2.65. The van der Waals surface area contributed by atoms with Gasteiger partial charge in [0.05, 0.1) is 12.5 Å². The van der Waals surface area contributed by atoms with Gasteiger partial charge in [-0.1, -0.05) is 29.8 Å². The van der Waals surface area contributed by atoms with Crippen LogP contribution in [0.2, 0.25) is 0 Å². The second-order valence-electron chi connectivity index (χ2n) is 8.75. The minimum atomic E-state index is -0.368. The normalized spacial score (nSPS) is 16.7. The van der Waals surface area contributed by atoms with Gasteiger partial charge in [0.2, 0.25) is 11.8 Å². The Hall–Kier alpha value is -3.35. The molecule has 2 aliphatic rings. The zero-order chi connectivity index (χ0) is 23.4. The van der Waals surface area contributed by atoms with Gasteiger partial charge >= 0.3 is 0 Å². The van der Waals surface area contributed by atoms with E-state index in [0.717, 1.165) is 11.1 Å². The van der Waals surface area contributed by atoms with Crippen molar-refractivity contribution < 1.29 is 23.9 Å². The smallest absolute Gasteiger partial charge is 0.224 e. The molecule has 2 aromatic rings. The summed E-state index contributed by atoms with van der Waals surface area (Å²) < 4.78 is 11.1. The Morgan fingerprint density at radius 1 is 1.00 bits per heavy atom. The first-order valence-electron chi connectivity index (χ1n) is 11.5. The van der Waals surface area contributed by atoms with Gasteiger partial charge in [-0.3, -0.25) is 14.4 Å². The van der Waals surface area contributed by atoms with Gasteiger partial charge in [0.15, 0.2) is 17.3 Å². The van der Waals surface area contributed by atoms with Crippen molar-refractivity contribution in [3.8, 4) is 11.5 Å². The van der Waals surface area contributed by atoms with Gasteiger partial charge in [-0.2, -0.15) is 0 Å². The van der Waals surface area contributed by atoms with E-state index in [-0.39, 0.29) is 36.0 Å². The fraction of sp³-hybridized carbons (Fsp3) is 0.423. The molecule has 0 bridgehead atoms. The number of hydrogen-bond donors (Lipinski definition) is 1. The molecule has 1 fully saturated rings. The monoisotopic (exact) mass is 450 g/mol. The summed E-state index contributed by atoms with van der Waals surface area (Å²) in [7, 11) is 0. The molecule has 7 heteroatoms. The van der Waals surface area contributed by atoms with E-state index in [4.69, 9.17) is 9.47 Å². The minimum Gasteiger partial charge on any atom is -0.486 e. The molecule has 33 heavy (non-hydrogen) atoms. The number of Topliss-reactive ketones (excluding diaryl/α,β-unsaturated/α-hetero) is 1. The second-order valence-corrected chi connectivity index (χ2v) is 8.75. The standard InChI is InChI=1S/C26H30N2O5/c1-17-3-5-19(6-4-17)22(27-18(2)29)16-25(30)28-11-9-20(10-12-28)26(31)21-7-8-23-24(15-21)33-14-13-32-23/h3-8,15,20,22H,9-14,16H2,1-2H3,(H,27,29). The quantitative estimate of drug-likeness (QED) is 0.682. The van der Waals surface area contributed by atoms with E-state index in [1.54, 1.807) is 23.1 Å². The maximum absolute atomic E-state index is 13.0. The number of ether oxygens (including phenoxy) is 2. The van der Waals surface area contributed by atoms with Crippen LogP contribution in [0.4, 0.5) is 0 Å². The number of nitrogens with one attached hydrogen (secondary N) is 1. The lowest BCUT2D eigenvalue weighted by Gasteiger charge is -2.32. The highest BCUT2D eigenvalue weighted by molar-refractivity contribution is 5.98. The average Bonchev–Trinajstić information content (AvgIpc) is 2.83. The summed E-state index contributed by atoms with van der Waals surface area (Å²) in [5.74, 6) is 1.05. The van der Waals surface area contributed by atoms with E-state index in [9.17, 15) is 14.4 Å². The molecule has 1 unspecified atom stereocenters. The number of fused-ring (bicyclic) bond motifs is 1. The summed E-state index contributed by atoms with van der Waals surface area (Å²) in [6.07, 6.45) is 1.44. The first kappa shape index (κ1) is 22.8. The molecule has 2 aromatic carbocycles. The fourth-order valence-electron chi connectivity index (χ4n) is 4.42. The third-order valence-corrected chi connectivity index (χ3v) is 6.28. The Kier molecular flexibility index (Phi) is 6.96. The van der Waals surface area contributed by atoms with E-state index >= 15 is 0 Å². The molecule has 174 valence electrons. The molecule has 7 nitrogen and oxygen atoms in total. The lowest BCUT2D eigenvalue weighted by Crippen LogP contribution is -2.42. The summed E-state index contributed by atoms with van der Waals surface area (Å²) >= 11 is 0. The molecular weight excluding hydrogens is 420 g/mol. The Balaban J connectivity index is 1.35. The van der Waals surface area contributed by atoms with Gasteiger partial charge in [-0.25, -0.2) is 0 Å². The van der Waals surface area contributed by atoms with E-state index < -0.39 is 0 Å². The van der Waals surface area contributed by atoms with Crippen molar-refractivity contribution in [3.63, 3.8) is 0 Å². The third-order valence-electron chi connectivity index (χ3n) is 6.28. The molecule has 0 aliphatic carbocycles. The number of likely N-dealkylation sites (tertiary alicyclic amines) is 1. The van der Waals surface area contributed by atoms with Crippen LogP contribution >= 0.6 is 0 Å². The van der Waals surface area contributed by atoms with Crippen LogP contribution in [0.15, 0.2) is 42.5 Å². The van der Waals surface area contributed by atoms with Crippen LogP contribution in [0.3, 0.4) is 0 Å². The molecular formula is C26H30N2O5. The number of nitrogens with zero attached hydrogens (tertiary/aromatic N) is 1. The van der Waals surface area contributed by atoms with Gasteiger partial charge < -0.3 is 19.7 Å². The van der Waals surface area contributed by atoms with Crippen molar-refractivity contribution in [2.45, 2.75) is 39.2 Å². The molecule has 4 rings (SSSR count). The number of benzene rings is 2. The lowest BCUT2D eigenvalue weighted by molar-refractivity contribution is -0.133. The number of ketones is 1. The molecule has 1 atom stereocenters. The average molecular weight is 451 g/mol. The number of carbonyl (C=O) groups is 3. The largest absolute Gasteiger partial charge is 0.486 e. The summed E-state index contributed by atoms with van der Waals surface area (Å²) in [6, 6.07) is 12.8. The molecule has 0 aromatic heterocycles. The number of aryl methyl sites for hydroxylation is 1. The molecule has 1 saturated heterocycles. The fourth-order valence-corrected chi connectivity index (χ4v) is 4.42. The van der Waals surface area contributed by atoms with Crippen molar-refractivity contribution >= 4 is 17.6 Å². The highest BCUT2D eigenvalue weighted by Gasteiger charge is 2.30. The van der Waals surface area contributed by atoms with Crippen LogP contribution in [0.25, 0.3) is 0 Å². The molecule has 0 radical (unpaired) electrons. The molecule has 2 heterocycles. The lowest BCUT2D eigenvalue weighted by atomic mass is 9.88. The van der Waals surface area contributed by atoms with Gasteiger partial charge in [-0.05, 0) is 43.5 Å². The number of carbonyl (C=O) groups excluding carboxylic acids is 3. The summed E-state index contributed by atoms with van der Waals surface area (Å²) in [5, 5.41) is 2.90. The number of rotatable bonds is 6. The minimum absolute atomic E-state index is 0.0143. The zero-order valence-corrected chi connectivity index (χ0v) is 19.1. The number of piperidine rings is 1. The maximum Gasteiger partial charge on any atom is 0.224 e. The Labute approximate surface area is 194 Å². The Morgan fingerprint density at radius 2 is 1.67 bits per heavy atom. The Bertz CT molecular complexity index is 1030. The Morgan fingerprint density at radius 3 is 2.33 bits per heavy atom. The van der Waals surface area contributed by atoms with Crippen molar-refractivity contribution in [2.24, 2.45) is 5.92 Å². The molecule has 0 spiro atoms. The highest BCUT2D eigenvalue weighted by Crippen LogP contribution is 2.33. The highest BCUT2D eigenvalue weighted by atomic mass is 16.6.